The fraction of sp³-hybridized carbons (Fsp3) is 0.286. The van der Waals surface area contributed by atoms with Crippen molar-refractivity contribution in [2.45, 2.75) is 24.9 Å². The van der Waals surface area contributed by atoms with E-state index in [9.17, 15) is 10.1 Å². The number of halogens is 1. The van der Waals surface area contributed by atoms with Gasteiger partial charge in [0.2, 0.25) is 5.91 Å². The third-order valence-electron chi connectivity index (χ3n) is 3.78. The lowest BCUT2D eigenvalue weighted by Gasteiger charge is -2.35. The average Bonchev–Trinajstić information content (AvgIpc) is 2.63. The number of ether oxygens (including phenoxy) is 1. The highest BCUT2D eigenvalue weighted by molar-refractivity contribution is 6.31. The lowest BCUT2D eigenvalue weighted by atomic mass is 9.70. The minimum absolute atomic E-state index is 0.00854. The van der Waals surface area contributed by atoms with Crippen LogP contribution in [0.15, 0.2) is 29.7 Å². The van der Waals surface area contributed by atoms with Crippen molar-refractivity contribution in [2.75, 3.05) is 5.32 Å². The number of rotatable bonds is 0. The Hall–Kier alpha value is -2.19. The highest BCUT2D eigenvalue weighted by atomic mass is 35.5. The van der Waals surface area contributed by atoms with E-state index < -0.39 is 5.41 Å². The van der Waals surface area contributed by atoms with E-state index in [1.165, 1.54) is 0 Å². The minimum Gasteiger partial charge on any atom is -0.476 e. The van der Waals surface area contributed by atoms with E-state index in [4.69, 9.17) is 22.1 Å². The van der Waals surface area contributed by atoms with Crippen molar-refractivity contribution >= 4 is 23.2 Å². The van der Waals surface area contributed by atoms with Gasteiger partial charge in [0.05, 0.1) is 6.10 Å². The summed E-state index contributed by atoms with van der Waals surface area (Å²) in [6.07, 6.45) is 0.0956. The number of fused-ring (bicyclic) bond motifs is 2. The van der Waals surface area contributed by atoms with Gasteiger partial charge in [0.25, 0.3) is 0 Å². The summed E-state index contributed by atoms with van der Waals surface area (Å²) in [5.41, 5.74) is 6.21. The van der Waals surface area contributed by atoms with Gasteiger partial charge in [0.1, 0.15) is 17.1 Å². The highest BCUT2D eigenvalue weighted by Crippen LogP contribution is 2.49. The minimum atomic E-state index is -1.10. The summed E-state index contributed by atoms with van der Waals surface area (Å²) >= 11 is 6.04. The SMILES string of the molecule is CC1C[C@@]2(C(=O)Nc3ccc(Cl)cc32)C(C#N)=C(N)O1. The number of anilines is 1. The van der Waals surface area contributed by atoms with Crippen LogP contribution in [0.2, 0.25) is 5.02 Å². The molecule has 0 fully saturated rings. The molecule has 2 aliphatic heterocycles. The van der Waals surface area contributed by atoms with Gasteiger partial charge in [-0.05, 0) is 30.7 Å². The van der Waals surface area contributed by atoms with Crippen LogP contribution in [0.5, 0.6) is 0 Å². The zero-order valence-corrected chi connectivity index (χ0v) is 11.5. The summed E-state index contributed by atoms with van der Waals surface area (Å²) in [5.74, 6) is -0.251. The van der Waals surface area contributed by atoms with Crippen LogP contribution in [-0.2, 0) is 14.9 Å². The predicted molar refractivity (Wildman–Crippen MR) is 73.8 cm³/mol. The number of carbonyl (C=O) groups excluding carboxylic acids is 1. The highest BCUT2D eigenvalue weighted by Gasteiger charge is 2.54. The summed E-state index contributed by atoms with van der Waals surface area (Å²) in [6.45, 7) is 1.82. The van der Waals surface area contributed by atoms with Gasteiger partial charge in [-0.2, -0.15) is 5.26 Å². The number of carbonyl (C=O) groups is 1. The molecule has 1 aromatic rings. The Morgan fingerprint density at radius 2 is 2.35 bits per heavy atom. The van der Waals surface area contributed by atoms with Gasteiger partial charge in [-0.1, -0.05) is 11.6 Å². The van der Waals surface area contributed by atoms with Gasteiger partial charge < -0.3 is 15.8 Å². The van der Waals surface area contributed by atoms with E-state index in [1.54, 1.807) is 18.2 Å². The number of benzene rings is 1. The number of hydrogen-bond donors (Lipinski definition) is 2. The first-order valence-electron chi connectivity index (χ1n) is 6.17. The molecule has 1 aromatic carbocycles. The van der Waals surface area contributed by atoms with Gasteiger partial charge in [0.15, 0.2) is 5.88 Å². The van der Waals surface area contributed by atoms with Crippen LogP contribution < -0.4 is 11.1 Å². The Morgan fingerprint density at radius 3 is 3.05 bits per heavy atom. The topological polar surface area (TPSA) is 88.1 Å². The van der Waals surface area contributed by atoms with E-state index in [1.807, 2.05) is 13.0 Å². The summed E-state index contributed by atoms with van der Waals surface area (Å²) in [4.78, 5) is 12.5. The van der Waals surface area contributed by atoms with Crippen molar-refractivity contribution in [3.05, 3.63) is 40.2 Å². The quantitative estimate of drug-likeness (QED) is 0.765. The second kappa shape index (κ2) is 4.15. The van der Waals surface area contributed by atoms with Gasteiger partial charge in [-0.25, -0.2) is 0 Å². The molecule has 6 heteroatoms. The predicted octanol–water partition coefficient (Wildman–Crippen LogP) is 2.03. The van der Waals surface area contributed by atoms with Crippen LogP contribution in [0.1, 0.15) is 18.9 Å². The largest absolute Gasteiger partial charge is 0.476 e. The summed E-state index contributed by atoms with van der Waals surface area (Å²) in [5, 5.41) is 12.7. The monoisotopic (exact) mass is 289 g/mol. The van der Waals surface area contributed by atoms with Crippen LogP contribution in [0, 0.1) is 11.3 Å². The fourth-order valence-corrected chi connectivity index (χ4v) is 3.16. The van der Waals surface area contributed by atoms with Crippen molar-refractivity contribution in [1.29, 1.82) is 5.26 Å². The molecule has 20 heavy (non-hydrogen) atoms. The van der Waals surface area contributed by atoms with Crippen LogP contribution in [0.25, 0.3) is 0 Å². The Kier molecular flexibility index (Phi) is 2.66. The maximum absolute atomic E-state index is 12.5. The first-order chi connectivity index (χ1) is 9.49. The van der Waals surface area contributed by atoms with E-state index in [0.717, 1.165) is 0 Å². The number of hydrogen-bond acceptors (Lipinski definition) is 4. The second-order valence-corrected chi connectivity index (χ2v) is 5.47. The van der Waals surface area contributed by atoms with Gasteiger partial charge in [-0.3, -0.25) is 4.79 Å². The molecule has 0 radical (unpaired) electrons. The summed E-state index contributed by atoms with van der Waals surface area (Å²) in [7, 11) is 0. The number of nitrogens with one attached hydrogen (secondary N) is 1. The zero-order valence-electron chi connectivity index (χ0n) is 10.7. The maximum atomic E-state index is 12.5. The molecular weight excluding hydrogens is 278 g/mol. The maximum Gasteiger partial charge on any atom is 0.240 e. The van der Waals surface area contributed by atoms with Crippen LogP contribution in [-0.4, -0.2) is 12.0 Å². The molecule has 2 heterocycles. The molecule has 3 rings (SSSR count). The van der Waals surface area contributed by atoms with Crippen molar-refractivity contribution in [1.82, 2.24) is 0 Å². The summed E-state index contributed by atoms with van der Waals surface area (Å²) < 4.78 is 5.39. The third-order valence-corrected chi connectivity index (χ3v) is 4.02. The van der Waals surface area contributed by atoms with Crippen molar-refractivity contribution in [3.8, 4) is 6.07 Å². The number of nitrogens with zero attached hydrogens (tertiary/aromatic N) is 1. The molecule has 1 spiro atoms. The standard InChI is InChI=1S/C14H12ClN3O2/c1-7-5-14(10(6-16)12(17)20-7)9-4-8(15)2-3-11(9)18-13(14)19/h2-4,7H,5,17H2,1H3,(H,18,19)/t7?,14-/m0/s1. The Bertz CT molecular complexity index is 692. The second-order valence-electron chi connectivity index (χ2n) is 5.03. The normalized spacial score (nSPS) is 27.9. The van der Waals surface area contributed by atoms with Gasteiger partial charge >= 0.3 is 0 Å². The Labute approximate surface area is 121 Å². The molecule has 0 saturated heterocycles. The molecule has 0 aromatic heterocycles. The molecule has 0 bridgehead atoms. The van der Waals surface area contributed by atoms with Gasteiger partial charge in [0, 0.05) is 17.1 Å². The van der Waals surface area contributed by atoms with Crippen LogP contribution in [0.4, 0.5) is 5.69 Å². The van der Waals surface area contributed by atoms with E-state index >= 15 is 0 Å². The lowest BCUT2D eigenvalue weighted by molar-refractivity contribution is -0.121. The third kappa shape index (κ3) is 1.52. The molecule has 0 saturated carbocycles. The first-order valence-corrected chi connectivity index (χ1v) is 6.55. The number of nitrogens with two attached hydrogens (primary N) is 1. The number of nitriles is 1. The fourth-order valence-electron chi connectivity index (χ4n) is 2.99. The summed E-state index contributed by atoms with van der Waals surface area (Å²) in [6, 6.07) is 7.16. The van der Waals surface area contributed by atoms with Crippen LogP contribution in [0.3, 0.4) is 0 Å². The molecule has 1 amide bonds. The molecule has 1 unspecified atom stereocenters. The molecule has 102 valence electrons. The van der Waals surface area contributed by atoms with Crippen molar-refractivity contribution in [2.24, 2.45) is 5.73 Å². The van der Waals surface area contributed by atoms with E-state index in [-0.39, 0.29) is 23.5 Å². The molecule has 3 N–H and O–H groups in total. The molecule has 0 aliphatic carbocycles. The first kappa shape index (κ1) is 12.8. The van der Waals surface area contributed by atoms with E-state index in [0.29, 0.717) is 22.7 Å². The van der Waals surface area contributed by atoms with Crippen LogP contribution >= 0.6 is 11.6 Å². The van der Waals surface area contributed by atoms with Gasteiger partial charge in [-0.15, -0.1) is 0 Å². The Morgan fingerprint density at radius 1 is 1.60 bits per heavy atom. The van der Waals surface area contributed by atoms with Crippen molar-refractivity contribution < 1.29 is 9.53 Å². The average molecular weight is 290 g/mol. The van der Waals surface area contributed by atoms with E-state index in [2.05, 4.69) is 5.32 Å². The molecular formula is C14H12ClN3O2. The molecule has 2 aliphatic rings. The zero-order chi connectivity index (χ0) is 14.5. The molecule has 5 nitrogen and oxygen atoms in total. The lowest BCUT2D eigenvalue weighted by Crippen LogP contribution is -2.44. The number of amides is 1. The molecule has 2 atom stereocenters. The Balaban J connectivity index is 2.32. The smallest absolute Gasteiger partial charge is 0.240 e. The van der Waals surface area contributed by atoms with Crippen molar-refractivity contribution in [3.63, 3.8) is 0 Å².